The van der Waals surface area contributed by atoms with Crippen LogP contribution in [0.1, 0.15) is 50.3 Å². The Kier molecular flexibility index (Phi) is 5.19. The number of carboxylic acids is 1. The molecule has 7 nitrogen and oxygen atoms in total. The van der Waals surface area contributed by atoms with Gasteiger partial charge >= 0.3 is 11.6 Å². The number of carboxylic acid groups (broad SMARTS) is 1. The number of carbonyl (C=O) groups excluding carboxylic acids is 1. The van der Waals surface area contributed by atoms with Gasteiger partial charge in [0.25, 0.3) is 0 Å². The number of ether oxygens (including phenoxy) is 1. The van der Waals surface area contributed by atoms with Crippen molar-refractivity contribution in [2.24, 2.45) is 0 Å². The fourth-order valence-electron chi connectivity index (χ4n) is 3.48. The molecule has 0 saturated carbocycles. The SMILES string of the molecule is CC[C@H](NC(=O)Cc1c(C)c2cc3c(cc2oc1=O)OC(C)(C)CC3)C(=O)O. The van der Waals surface area contributed by atoms with E-state index < -0.39 is 23.5 Å². The third kappa shape index (κ3) is 3.88. The Balaban J connectivity index is 1.96. The van der Waals surface area contributed by atoms with Gasteiger partial charge < -0.3 is 19.6 Å². The summed E-state index contributed by atoms with van der Waals surface area (Å²) in [5.41, 5.74) is 1.49. The van der Waals surface area contributed by atoms with Crippen LogP contribution in [0, 0.1) is 6.92 Å². The van der Waals surface area contributed by atoms with Gasteiger partial charge in [0.2, 0.25) is 5.91 Å². The Hall–Kier alpha value is -2.83. The first kappa shape index (κ1) is 19.9. The smallest absolute Gasteiger partial charge is 0.340 e. The second kappa shape index (κ2) is 7.30. The molecule has 2 aromatic rings. The van der Waals surface area contributed by atoms with E-state index in [2.05, 4.69) is 5.32 Å². The minimum atomic E-state index is -1.10. The molecule has 0 bridgehead atoms. The number of amides is 1. The highest BCUT2D eigenvalue weighted by Crippen LogP contribution is 2.36. The van der Waals surface area contributed by atoms with Crippen molar-refractivity contribution >= 4 is 22.8 Å². The van der Waals surface area contributed by atoms with E-state index in [4.69, 9.17) is 14.3 Å². The van der Waals surface area contributed by atoms with E-state index in [1.807, 2.05) is 19.9 Å². The number of rotatable bonds is 5. The summed E-state index contributed by atoms with van der Waals surface area (Å²) in [5.74, 6) is -0.913. The molecule has 1 atom stereocenters. The molecule has 2 heterocycles. The Labute approximate surface area is 162 Å². The predicted octanol–water partition coefficient (Wildman–Crippen LogP) is 2.73. The Morgan fingerprint density at radius 3 is 2.68 bits per heavy atom. The molecule has 0 aliphatic carbocycles. The quantitative estimate of drug-likeness (QED) is 0.764. The molecular formula is C21H25NO6. The Morgan fingerprint density at radius 2 is 2.04 bits per heavy atom. The molecule has 3 rings (SSSR count). The van der Waals surface area contributed by atoms with E-state index in [0.29, 0.717) is 16.9 Å². The lowest BCUT2D eigenvalue weighted by Gasteiger charge is -2.32. The topological polar surface area (TPSA) is 106 Å². The van der Waals surface area contributed by atoms with E-state index >= 15 is 0 Å². The van der Waals surface area contributed by atoms with E-state index in [0.717, 1.165) is 23.8 Å². The predicted molar refractivity (Wildman–Crippen MR) is 104 cm³/mol. The molecule has 2 N–H and O–H groups in total. The van der Waals surface area contributed by atoms with Gasteiger partial charge in [0, 0.05) is 11.5 Å². The molecule has 0 unspecified atom stereocenters. The van der Waals surface area contributed by atoms with Crippen molar-refractivity contribution in [1.29, 1.82) is 0 Å². The molecule has 1 aliphatic heterocycles. The highest BCUT2D eigenvalue weighted by molar-refractivity contribution is 5.88. The largest absolute Gasteiger partial charge is 0.487 e. The molecule has 0 saturated heterocycles. The van der Waals surface area contributed by atoms with Crippen LogP contribution in [-0.2, 0) is 22.4 Å². The molecule has 1 aromatic carbocycles. The first-order valence-corrected chi connectivity index (χ1v) is 9.41. The number of carbonyl (C=O) groups is 2. The van der Waals surface area contributed by atoms with Gasteiger partial charge in [0.05, 0.1) is 12.0 Å². The molecule has 1 aliphatic rings. The summed E-state index contributed by atoms with van der Waals surface area (Å²) in [6.07, 6.45) is 1.76. The molecule has 0 radical (unpaired) electrons. The molecule has 0 spiro atoms. The van der Waals surface area contributed by atoms with Crippen molar-refractivity contribution < 1.29 is 23.8 Å². The van der Waals surface area contributed by atoms with Gasteiger partial charge in [-0.05, 0) is 57.2 Å². The zero-order valence-electron chi connectivity index (χ0n) is 16.5. The molecule has 0 fully saturated rings. The third-order valence-corrected chi connectivity index (χ3v) is 5.23. The normalized spacial score (nSPS) is 16.1. The zero-order chi connectivity index (χ0) is 20.6. The molecular weight excluding hydrogens is 362 g/mol. The molecule has 1 aromatic heterocycles. The monoisotopic (exact) mass is 387 g/mol. The van der Waals surface area contributed by atoms with Crippen LogP contribution in [-0.4, -0.2) is 28.6 Å². The fraction of sp³-hybridized carbons (Fsp3) is 0.476. The fourth-order valence-corrected chi connectivity index (χ4v) is 3.48. The Morgan fingerprint density at radius 1 is 1.32 bits per heavy atom. The van der Waals surface area contributed by atoms with Gasteiger partial charge in [0.15, 0.2) is 0 Å². The van der Waals surface area contributed by atoms with Crippen molar-refractivity contribution in [2.45, 2.75) is 65.0 Å². The number of hydrogen-bond donors (Lipinski definition) is 2. The summed E-state index contributed by atoms with van der Waals surface area (Å²) in [7, 11) is 0. The minimum Gasteiger partial charge on any atom is -0.487 e. The lowest BCUT2D eigenvalue weighted by atomic mass is 9.92. The van der Waals surface area contributed by atoms with Crippen LogP contribution >= 0.6 is 0 Å². The van der Waals surface area contributed by atoms with Crippen molar-refractivity contribution in [3.05, 3.63) is 39.2 Å². The van der Waals surface area contributed by atoms with Gasteiger partial charge in [-0.1, -0.05) is 6.92 Å². The number of nitrogens with one attached hydrogen (secondary N) is 1. The van der Waals surface area contributed by atoms with Crippen LogP contribution in [0.25, 0.3) is 11.0 Å². The van der Waals surface area contributed by atoms with Gasteiger partial charge in [0.1, 0.15) is 23.0 Å². The molecule has 7 heteroatoms. The van der Waals surface area contributed by atoms with E-state index in [1.54, 1.807) is 19.9 Å². The first-order valence-electron chi connectivity index (χ1n) is 9.41. The summed E-state index contributed by atoms with van der Waals surface area (Å²) in [5, 5.41) is 12.3. The highest BCUT2D eigenvalue weighted by Gasteiger charge is 2.28. The lowest BCUT2D eigenvalue weighted by Crippen LogP contribution is -2.41. The highest BCUT2D eigenvalue weighted by atomic mass is 16.5. The molecule has 1 amide bonds. The maximum Gasteiger partial charge on any atom is 0.340 e. The summed E-state index contributed by atoms with van der Waals surface area (Å²) in [4.78, 5) is 35.8. The molecule has 28 heavy (non-hydrogen) atoms. The van der Waals surface area contributed by atoms with E-state index in [9.17, 15) is 14.4 Å². The van der Waals surface area contributed by atoms with Crippen LogP contribution in [0.2, 0.25) is 0 Å². The number of benzene rings is 1. The van der Waals surface area contributed by atoms with Crippen LogP contribution in [0.5, 0.6) is 5.75 Å². The van der Waals surface area contributed by atoms with Crippen molar-refractivity contribution in [2.75, 3.05) is 0 Å². The summed E-state index contributed by atoms with van der Waals surface area (Å²) in [6, 6.07) is 2.71. The number of aryl methyl sites for hydroxylation is 2. The van der Waals surface area contributed by atoms with Crippen LogP contribution < -0.4 is 15.7 Å². The van der Waals surface area contributed by atoms with Crippen LogP contribution in [0.3, 0.4) is 0 Å². The number of hydrogen-bond acceptors (Lipinski definition) is 5. The van der Waals surface area contributed by atoms with Gasteiger partial charge in [-0.3, -0.25) is 4.79 Å². The zero-order valence-corrected chi connectivity index (χ0v) is 16.5. The number of aliphatic carboxylic acids is 1. The van der Waals surface area contributed by atoms with Gasteiger partial charge in [-0.25, -0.2) is 9.59 Å². The lowest BCUT2D eigenvalue weighted by molar-refractivity contribution is -0.141. The summed E-state index contributed by atoms with van der Waals surface area (Å²) < 4.78 is 11.5. The number of fused-ring (bicyclic) bond motifs is 2. The maximum absolute atomic E-state index is 12.5. The van der Waals surface area contributed by atoms with Crippen molar-refractivity contribution in [3.8, 4) is 5.75 Å². The standard InChI is InChI=1S/C21H25NO6/c1-5-15(19(24)25)22-18(23)9-14-11(2)13-8-12-6-7-21(3,4)28-16(12)10-17(13)27-20(14)26/h8,10,15H,5-7,9H2,1-4H3,(H,22,23)(H,24,25)/t15-/m0/s1. The van der Waals surface area contributed by atoms with Crippen molar-refractivity contribution in [1.82, 2.24) is 5.32 Å². The second-order valence-corrected chi connectivity index (χ2v) is 7.85. The first-order chi connectivity index (χ1) is 13.1. The van der Waals surface area contributed by atoms with Crippen LogP contribution in [0.15, 0.2) is 21.3 Å². The van der Waals surface area contributed by atoms with Crippen molar-refractivity contribution in [3.63, 3.8) is 0 Å². The van der Waals surface area contributed by atoms with Gasteiger partial charge in [-0.15, -0.1) is 0 Å². The van der Waals surface area contributed by atoms with E-state index in [-0.39, 0.29) is 24.0 Å². The summed E-state index contributed by atoms with van der Waals surface area (Å²) in [6.45, 7) is 7.48. The van der Waals surface area contributed by atoms with Gasteiger partial charge in [-0.2, -0.15) is 0 Å². The maximum atomic E-state index is 12.5. The third-order valence-electron chi connectivity index (χ3n) is 5.23. The minimum absolute atomic E-state index is 0.228. The molecule has 150 valence electrons. The second-order valence-electron chi connectivity index (χ2n) is 7.85. The average molecular weight is 387 g/mol. The van der Waals surface area contributed by atoms with E-state index in [1.165, 1.54) is 0 Å². The average Bonchev–Trinajstić information content (AvgIpc) is 2.61. The Bertz CT molecular complexity index is 1000. The summed E-state index contributed by atoms with van der Waals surface area (Å²) >= 11 is 0. The van der Waals surface area contributed by atoms with Crippen LogP contribution in [0.4, 0.5) is 0 Å².